The third-order valence-electron chi connectivity index (χ3n) is 4.05. The van der Waals surface area contributed by atoms with Crippen molar-refractivity contribution in [1.82, 2.24) is 9.97 Å². The number of carbonyl (C=O) groups excluding carboxylic acids is 2. The van der Waals surface area contributed by atoms with E-state index in [1.807, 2.05) is 6.92 Å². The summed E-state index contributed by atoms with van der Waals surface area (Å²) >= 11 is 7.42. The Morgan fingerprint density at radius 2 is 2.19 bits per heavy atom. The normalized spacial score (nSPS) is 16.0. The number of H-pyrrole nitrogens is 1. The Morgan fingerprint density at radius 1 is 1.42 bits per heavy atom. The fraction of sp³-hybridized carbons (Fsp3) is 0.294. The summed E-state index contributed by atoms with van der Waals surface area (Å²) in [5.41, 5.74) is 0.999. The van der Waals surface area contributed by atoms with E-state index in [1.54, 1.807) is 25.1 Å². The topological polar surface area (TPSA) is 104 Å². The zero-order valence-corrected chi connectivity index (χ0v) is 15.8. The number of hydrogen-bond donors (Lipinski definition) is 3. The fourth-order valence-corrected chi connectivity index (χ4v) is 3.51. The van der Waals surface area contributed by atoms with Gasteiger partial charge in [0.15, 0.2) is 5.16 Å². The minimum absolute atomic E-state index is 0.122. The van der Waals surface area contributed by atoms with E-state index in [1.165, 1.54) is 11.8 Å². The summed E-state index contributed by atoms with van der Waals surface area (Å²) in [6.07, 6.45) is -0.122. The van der Waals surface area contributed by atoms with Crippen molar-refractivity contribution in [3.05, 3.63) is 44.7 Å². The largest absolute Gasteiger partial charge is 0.325 e. The number of fused-ring (bicyclic) bond motifs is 1. The van der Waals surface area contributed by atoms with Crippen LogP contribution in [-0.2, 0) is 9.59 Å². The highest BCUT2D eigenvalue weighted by Crippen LogP contribution is 2.31. The van der Waals surface area contributed by atoms with Crippen molar-refractivity contribution in [2.24, 2.45) is 0 Å². The van der Waals surface area contributed by atoms with Crippen LogP contribution in [0, 0.1) is 6.92 Å². The average Bonchev–Trinajstić information content (AvgIpc) is 2.58. The maximum absolute atomic E-state index is 12.8. The highest BCUT2D eigenvalue weighted by atomic mass is 35.5. The van der Waals surface area contributed by atoms with Crippen molar-refractivity contribution >= 4 is 46.7 Å². The maximum atomic E-state index is 12.8. The van der Waals surface area contributed by atoms with Crippen molar-refractivity contribution in [2.45, 2.75) is 31.3 Å². The molecule has 7 nitrogen and oxygen atoms in total. The van der Waals surface area contributed by atoms with E-state index in [4.69, 9.17) is 11.6 Å². The Bertz CT molecular complexity index is 944. The van der Waals surface area contributed by atoms with Gasteiger partial charge in [0, 0.05) is 17.1 Å². The van der Waals surface area contributed by atoms with Crippen LogP contribution >= 0.6 is 23.4 Å². The van der Waals surface area contributed by atoms with Crippen LogP contribution in [0.3, 0.4) is 0 Å². The van der Waals surface area contributed by atoms with Crippen LogP contribution in [0.25, 0.3) is 0 Å². The van der Waals surface area contributed by atoms with E-state index in [0.29, 0.717) is 27.2 Å². The predicted octanol–water partition coefficient (Wildman–Crippen LogP) is 2.91. The molecule has 3 rings (SSSR count). The van der Waals surface area contributed by atoms with E-state index in [2.05, 4.69) is 20.6 Å². The number of benzene rings is 1. The molecule has 0 spiro atoms. The molecular formula is C17H17ClN4O3S. The van der Waals surface area contributed by atoms with Crippen LogP contribution in [0.1, 0.15) is 30.4 Å². The van der Waals surface area contributed by atoms with Gasteiger partial charge in [0.1, 0.15) is 5.82 Å². The van der Waals surface area contributed by atoms with Crippen LogP contribution in [0.15, 0.2) is 28.2 Å². The van der Waals surface area contributed by atoms with Crippen molar-refractivity contribution in [3.8, 4) is 0 Å². The maximum Gasteiger partial charge on any atom is 0.257 e. The van der Waals surface area contributed by atoms with Crippen molar-refractivity contribution in [1.29, 1.82) is 0 Å². The van der Waals surface area contributed by atoms with Crippen molar-refractivity contribution in [3.63, 3.8) is 0 Å². The number of carbonyl (C=O) groups is 2. The first-order valence-electron chi connectivity index (χ1n) is 8.03. The highest BCUT2D eigenvalue weighted by molar-refractivity contribution is 7.99. The number of halogens is 1. The molecule has 136 valence electrons. The minimum Gasteiger partial charge on any atom is -0.325 e. The number of rotatable bonds is 4. The lowest BCUT2D eigenvalue weighted by molar-refractivity contribution is -0.123. The molecule has 2 heterocycles. The molecule has 2 aromatic rings. The number of aromatic amines is 1. The van der Waals surface area contributed by atoms with Gasteiger partial charge in [-0.3, -0.25) is 14.4 Å². The standard InChI is InChI=1S/C17H17ClN4O3S/c1-3-26-17-21-14-13(16(25)22-17)9(7-12(23)20-14)15(24)19-11-6-4-5-10(18)8(11)2/h4-6,9H,3,7H2,1-2H3,(H,19,24)(H2,20,21,22,23,25)/t9-/m1/s1. The summed E-state index contributed by atoms with van der Waals surface area (Å²) in [5, 5.41) is 6.27. The van der Waals surface area contributed by atoms with Gasteiger partial charge in [0.2, 0.25) is 11.8 Å². The zero-order valence-electron chi connectivity index (χ0n) is 14.2. The molecule has 0 saturated heterocycles. The number of nitrogens with zero attached hydrogens (tertiary/aromatic N) is 1. The van der Waals surface area contributed by atoms with Crippen LogP contribution in [0.2, 0.25) is 5.02 Å². The second-order valence-electron chi connectivity index (χ2n) is 5.77. The van der Waals surface area contributed by atoms with Crippen LogP contribution in [-0.4, -0.2) is 27.5 Å². The van der Waals surface area contributed by atoms with Gasteiger partial charge < -0.3 is 15.6 Å². The summed E-state index contributed by atoms with van der Waals surface area (Å²) in [6.45, 7) is 3.70. The smallest absolute Gasteiger partial charge is 0.257 e. The number of nitrogens with one attached hydrogen (secondary N) is 3. The monoisotopic (exact) mass is 392 g/mol. The lowest BCUT2D eigenvalue weighted by Gasteiger charge is -2.23. The molecule has 0 bridgehead atoms. The van der Waals surface area contributed by atoms with Gasteiger partial charge in [0.05, 0.1) is 11.5 Å². The molecule has 1 aliphatic heterocycles. The molecule has 0 saturated carbocycles. The first-order valence-corrected chi connectivity index (χ1v) is 9.40. The molecule has 2 amide bonds. The Morgan fingerprint density at radius 3 is 2.92 bits per heavy atom. The lowest BCUT2D eigenvalue weighted by atomic mass is 9.92. The Labute approximate surface area is 158 Å². The van der Waals surface area contributed by atoms with E-state index in [9.17, 15) is 14.4 Å². The van der Waals surface area contributed by atoms with Gasteiger partial charge in [0.25, 0.3) is 5.56 Å². The summed E-state index contributed by atoms with van der Waals surface area (Å²) in [7, 11) is 0. The number of hydrogen-bond acceptors (Lipinski definition) is 5. The van der Waals surface area contributed by atoms with Gasteiger partial charge >= 0.3 is 0 Å². The minimum atomic E-state index is -0.922. The first kappa shape index (κ1) is 18.5. The van der Waals surface area contributed by atoms with Gasteiger partial charge in [-0.2, -0.15) is 0 Å². The van der Waals surface area contributed by atoms with Gasteiger partial charge in [-0.1, -0.05) is 36.4 Å². The fourth-order valence-electron chi connectivity index (χ4n) is 2.74. The molecular weight excluding hydrogens is 376 g/mol. The summed E-state index contributed by atoms with van der Waals surface area (Å²) in [6, 6.07) is 5.15. The highest BCUT2D eigenvalue weighted by Gasteiger charge is 2.34. The predicted molar refractivity (Wildman–Crippen MR) is 102 cm³/mol. The first-order chi connectivity index (χ1) is 12.4. The molecule has 1 atom stereocenters. The molecule has 0 unspecified atom stereocenters. The van der Waals surface area contributed by atoms with E-state index in [-0.39, 0.29) is 23.7 Å². The van der Waals surface area contributed by atoms with Crippen molar-refractivity contribution in [2.75, 3.05) is 16.4 Å². The van der Waals surface area contributed by atoms with Gasteiger partial charge in [-0.05, 0) is 30.4 Å². The lowest BCUT2D eigenvalue weighted by Crippen LogP contribution is -2.36. The third kappa shape index (κ3) is 3.61. The number of thioether (sulfide) groups is 1. The second kappa shape index (κ2) is 7.51. The Balaban J connectivity index is 1.96. The van der Waals surface area contributed by atoms with Gasteiger partial charge in [-0.15, -0.1) is 0 Å². The van der Waals surface area contributed by atoms with Crippen molar-refractivity contribution < 1.29 is 9.59 Å². The Kier molecular flexibility index (Phi) is 5.33. The molecule has 1 aromatic heterocycles. The molecule has 3 N–H and O–H groups in total. The summed E-state index contributed by atoms with van der Waals surface area (Å²) in [5.74, 6) is -0.869. The Hall–Kier alpha value is -2.32. The molecule has 26 heavy (non-hydrogen) atoms. The molecule has 0 fully saturated rings. The molecule has 1 aliphatic rings. The van der Waals surface area contributed by atoms with Crippen LogP contribution < -0.4 is 16.2 Å². The number of anilines is 2. The summed E-state index contributed by atoms with van der Waals surface area (Å²) in [4.78, 5) is 44.2. The third-order valence-corrected chi connectivity index (χ3v) is 5.22. The molecule has 1 aromatic carbocycles. The number of aromatic nitrogens is 2. The van der Waals surface area contributed by atoms with E-state index < -0.39 is 17.4 Å². The summed E-state index contributed by atoms with van der Waals surface area (Å²) < 4.78 is 0. The quantitative estimate of drug-likeness (QED) is 0.548. The molecule has 0 aliphatic carbocycles. The molecule has 9 heteroatoms. The SMILES string of the molecule is CCSc1nc2c(c(=O)[nH]1)[C@H](C(=O)Nc1cccc(Cl)c1C)CC(=O)N2. The van der Waals surface area contributed by atoms with E-state index >= 15 is 0 Å². The van der Waals surface area contributed by atoms with Gasteiger partial charge in [-0.25, -0.2) is 4.98 Å². The van der Waals surface area contributed by atoms with Crippen LogP contribution in [0.4, 0.5) is 11.5 Å². The second-order valence-corrected chi connectivity index (χ2v) is 7.43. The average molecular weight is 393 g/mol. The zero-order chi connectivity index (χ0) is 18.8. The van der Waals surface area contributed by atoms with Crippen LogP contribution in [0.5, 0.6) is 0 Å². The number of amides is 2. The van der Waals surface area contributed by atoms with E-state index in [0.717, 1.165) is 0 Å². The molecule has 0 radical (unpaired) electrons.